The molecule has 3 unspecified atom stereocenters. The Morgan fingerprint density at radius 1 is 0.938 bits per heavy atom. The average molecular weight is 454 g/mol. The molecule has 178 valence electrons. The summed E-state index contributed by atoms with van der Waals surface area (Å²) in [7, 11) is 0. The summed E-state index contributed by atoms with van der Waals surface area (Å²) in [4.78, 5) is 50.2. The number of carbonyl (C=O) groups is 4. The summed E-state index contributed by atoms with van der Waals surface area (Å²) in [6.45, 7) is 3.96. The third-order valence-corrected chi connectivity index (χ3v) is 4.36. The highest BCUT2D eigenvalue weighted by Gasteiger charge is 2.55. The molecule has 0 aliphatic carbocycles. The van der Waals surface area contributed by atoms with E-state index in [0.29, 0.717) is 5.56 Å². The van der Waals surface area contributed by atoms with Crippen LogP contribution in [0.2, 0.25) is 0 Å². The van der Waals surface area contributed by atoms with E-state index in [4.69, 9.17) is 14.6 Å². The van der Waals surface area contributed by atoms with Gasteiger partial charge in [-0.1, -0.05) is 30.3 Å². The molecule has 0 aliphatic rings. The molecule has 0 bridgehead atoms. The van der Waals surface area contributed by atoms with Gasteiger partial charge in [-0.2, -0.15) is 0 Å². The minimum absolute atomic E-state index is 0.341. The lowest BCUT2D eigenvalue weighted by molar-refractivity contribution is -0.194. The van der Waals surface area contributed by atoms with Crippen molar-refractivity contribution >= 4 is 23.5 Å². The van der Waals surface area contributed by atoms with Gasteiger partial charge >= 0.3 is 11.9 Å². The fourth-order valence-electron chi connectivity index (χ4n) is 2.75. The molecule has 0 radical (unpaired) electrons. The van der Waals surface area contributed by atoms with Gasteiger partial charge in [0.15, 0.2) is 17.2 Å². The molecule has 0 fully saturated rings. The van der Waals surface area contributed by atoms with Crippen molar-refractivity contribution < 1.29 is 49.1 Å². The number of esters is 2. The first-order valence-corrected chi connectivity index (χ1v) is 9.90. The van der Waals surface area contributed by atoms with Gasteiger partial charge in [-0.05, 0) is 33.3 Å². The van der Waals surface area contributed by atoms with E-state index in [1.54, 1.807) is 30.3 Å². The second kappa shape index (κ2) is 10.8. The van der Waals surface area contributed by atoms with Crippen LogP contribution in [0, 0.1) is 0 Å². The summed E-state index contributed by atoms with van der Waals surface area (Å²) >= 11 is 0. The lowest BCUT2D eigenvalue weighted by atomic mass is 9.81. The highest BCUT2D eigenvalue weighted by atomic mass is 16.6. The van der Waals surface area contributed by atoms with Crippen molar-refractivity contribution in [2.45, 2.75) is 70.1 Å². The maximum atomic E-state index is 12.8. The van der Waals surface area contributed by atoms with E-state index in [1.165, 1.54) is 27.7 Å². The minimum atomic E-state index is -3.19. The number of Topliss-reactive ketones (excluding diaryl/α,β-unsaturated/α-hetero) is 2. The topological polar surface area (TPSA) is 168 Å². The average Bonchev–Trinajstić information content (AvgIpc) is 2.69. The van der Waals surface area contributed by atoms with Gasteiger partial charge in [0, 0.05) is 6.42 Å². The Labute approximate surface area is 185 Å². The molecule has 0 saturated carbocycles. The maximum Gasteiger partial charge on any atom is 0.351 e. The summed E-state index contributed by atoms with van der Waals surface area (Å²) in [5.41, 5.74) is -6.77. The first kappa shape index (κ1) is 27.4. The van der Waals surface area contributed by atoms with Crippen molar-refractivity contribution in [2.75, 3.05) is 6.61 Å². The standard InChI is InChI=1S/C22H30O10/c1-14(24)10-21(29,17(26)12-23)16(25)11-22(30,19(28)32-20(2,3)4)18(27)31-13-15-8-6-5-7-9-15/h5-9,14,23-24,29-30H,10-13H2,1-4H3. The van der Waals surface area contributed by atoms with Crippen molar-refractivity contribution in [1.82, 2.24) is 0 Å². The Morgan fingerprint density at radius 2 is 1.50 bits per heavy atom. The largest absolute Gasteiger partial charge is 0.458 e. The van der Waals surface area contributed by atoms with E-state index in [9.17, 15) is 34.5 Å². The van der Waals surface area contributed by atoms with Gasteiger partial charge < -0.3 is 29.9 Å². The van der Waals surface area contributed by atoms with E-state index in [0.717, 1.165) is 0 Å². The van der Waals surface area contributed by atoms with Crippen LogP contribution in [0.3, 0.4) is 0 Å². The highest BCUT2D eigenvalue weighted by molar-refractivity contribution is 6.15. The first-order valence-electron chi connectivity index (χ1n) is 9.90. The zero-order valence-corrected chi connectivity index (χ0v) is 18.5. The molecule has 4 N–H and O–H groups in total. The molecule has 0 spiro atoms. The predicted molar refractivity (Wildman–Crippen MR) is 110 cm³/mol. The maximum absolute atomic E-state index is 12.8. The smallest absolute Gasteiger partial charge is 0.351 e. The van der Waals surface area contributed by atoms with Crippen molar-refractivity contribution in [3.63, 3.8) is 0 Å². The number of ketones is 2. The third-order valence-electron chi connectivity index (χ3n) is 4.36. The van der Waals surface area contributed by atoms with Crippen LogP contribution in [0.5, 0.6) is 0 Å². The molecule has 32 heavy (non-hydrogen) atoms. The molecule has 1 aromatic carbocycles. The number of ether oxygens (including phenoxy) is 2. The van der Waals surface area contributed by atoms with Crippen molar-refractivity contribution in [2.24, 2.45) is 0 Å². The van der Waals surface area contributed by atoms with Crippen LogP contribution in [-0.2, 0) is 35.3 Å². The summed E-state index contributed by atoms with van der Waals surface area (Å²) in [5, 5.41) is 40.1. The molecule has 0 amide bonds. The van der Waals surface area contributed by atoms with Gasteiger partial charge in [-0.3, -0.25) is 9.59 Å². The lowest BCUT2D eigenvalue weighted by Crippen LogP contribution is -2.57. The molecular formula is C22H30O10. The van der Waals surface area contributed by atoms with Crippen LogP contribution in [0.1, 0.15) is 46.1 Å². The van der Waals surface area contributed by atoms with Gasteiger partial charge in [0.05, 0.1) is 12.5 Å². The number of aliphatic hydroxyl groups excluding tert-OH is 2. The van der Waals surface area contributed by atoms with Crippen LogP contribution in [0.25, 0.3) is 0 Å². The number of hydrogen-bond donors (Lipinski definition) is 4. The zero-order chi connectivity index (χ0) is 24.7. The highest BCUT2D eigenvalue weighted by Crippen LogP contribution is 2.26. The van der Waals surface area contributed by atoms with Crippen molar-refractivity contribution in [3.8, 4) is 0 Å². The first-order chi connectivity index (χ1) is 14.7. The molecule has 0 aliphatic heterocycles. The second-order valence-corrected chi connectivity index (χ2v) is 8.52. The summed E-state index contributed by atoms with van der Waals surface area (Å²) in [6, 6.07) is 8.30. The monoisotopic (exact) mass is 454 g/mol. The van der Waals surface area contributed by atoms with Crippen LogP contribution in [0.15, 0.2) is 30.3 Å². The predicted octanol–water partition coefficient (Wildman–Crippen LogP) is -0.175. The Morgan fingerprint density at radius 3 is 1.97 bits per heavy atom. The molecule has 1 aromatic rings. The van der Waals surface area contributed by atoms with E-state index >= 15 is 0 Å². The molecule has 3 atom stereocenters. The SMILES string of the molecule is CC(O)CC(O)(C(=O)CO)C(=O)CC(O)(C(=O)OCc1ccccc1)C(=O)OC(C)(C)C. The van der Waals surface area contributed by atoms with Gasteiger partial charge in [-0.25, -0.2) is 9.59 Å². The molecule has 10 nitrogen and oxygen atoms in total. The van der Waals surface area contributed by atoms with Crippen LogP contribution < -0.4 is 0 Å². The van der Waals surface area contributed by atoms with Crippen LogP contribution in [-0.4, -0.2) is 73.4 Å². The number of benzene rings is 1. The molecule has 0 heterocycles. The summed E-state index contributed by atoms with van der Waals surface area (Å²) in [5.74, 6) is -5.89. The van der Waals surface area contributed by atoms with E-state index < -0.39 is 65.9 Å². The molecular weight excluding hydrogens is 424 g/mol. The number of carbonyl (C=O) groups excluding carboxylic acids is 4. The third kappa shape index (κ3) is 7.20. The van der Waals surface area contributed by atoms with E-state index in [-0.39, 0.29) is 6.61 Å². The number of hydrogen-bond acceptors (Lipinski definition) is 10. The Hall–Kier alpha value is -2.66. The van der Waals surface area contributed by atoms with Gasteiger partial charge in [0.25, 0.3) is 5.60 Å². The van der Waals surface area contributed by atoms with Crippen LogP contribution >= 0.6 is 0 Å². The van der Waals surface area contributed by atoms with E-state index in [1.807, 2.05) is 0 Å². The zero-order valence-electron chi connectivity index (χ0n) is 18.5. The normalized spacial score (nSPS) is 16.2. The molecule has 0 aromatic heterocycles. The summed E-state index contributed by atoms with van der Waals surface area (Å²) in [6.07, 6.45) is -3.57. The summed E-state index contributed by atoms with van der Waals surface area (Å²) < 4.78 is 10.1. The Bertz CT molecular complexity index is 827. The van der Waals surface area contributed by atoms with Gasteiger partial charge in [0.2, 0.25) is 0 Å². The van der Waals surface area contributed by atoms with Crippen molar-refractivity contribution in [3.05, 3.63) is 35.9 Å². The fourth-order valence-corrected chi connectivity index (χ4v) is 2.75. The van der Waals surface area contributed by atoms with Gasteiger partial charge in [0.1, 0.15) is 18.8 Å². The van der Waals surface area contributed by atoms with Crippen LogP contribution in [0.4, 0.5) is 0 Å². The second-order valence-electron chi connectivity index (χ2n) is 8.52. The molecule has 10 heteroatoms. The number of rotatable bonds is 11. The quantitative estimate of drug-likeness (QED) is 0.260. The molecule has 1 rings (SSSR count). The van der Waals surface area contributed by atoms with Gasteiger partial charge in [-0.15, -0.1) is 0 Å². The Balaban J connectivity index is 3.26. The minimum Gasteiger partial charge on any atom is -0.458 e. The van der Waals surface area contributed by atoms with E-state index in [2.05, 4.69) is 0 Å². The molecule has 0 saturated heterocycles. The Kier molecular flexibility index (Phi) is 9.22. The van der Waals surface area contributed by atoms with Crippen molar-refractivity contribution in [1.29, 1.82) is 0 Å². The fraction of sp³-hybridized carbons (Fsp3) is 0.545. The lowest BCUT2D eigenvalue weighted by Gasteiger charge is -2.31. The number of aliphatic hydroxyl groups is 4.